The number of likely N-dealkylation sites (tertiary alicyclic amines) is 1. The molecule has 1 aliphatic heterocycles. The largest absolute Gasteiger partial charge is 0.322 e. The highest BCUT2D eigenvalue weighted by Crippen LogP contribution is 2.24. The van der Waals surface area contributed by atoms with Gasteiger partial charge in [0.25, 0.3) is 5.91 Å². The molecular formula is C20H25N4OS+. The molecule has 1 aromatic heterocycles. The Kier molecular flexibility index (Phi) is 5.70. The van der Waals surface area contributed by atoms with Crippen LogP contribution in [0.25, 0.3) is 10.6 Å². The number of benzene rings is 1. The molecule has 1 unspecified atom stereocenters. The van der Waals surface area contributed by atoms with Crippen molar-refractivity contribution in [2.45, 2.75) is 25.3 Å². The molecule has 0 bridgehead atoms. The SMILES string of the molecule is C[N+](C)(CCc1csc(-c2ccccc2)n1)CC(=O)N1CCCC1C#N. The minimum absolute atomic E-state index is 0.0855. The van der Waals surface area contributed by atoms with Gasteiger partial charge < -0.3 is 9.38 Å². The fourth-order valence-corrected chi connectivity index (χ4v) is 4.15. The lowest BCUT2D eigenvalue weighted by molar-refractivity contribution is -0.882. The van der Waals surface area contributed by atoms with Gasteiger partial charge in [-0.1, -0.05) is 30.3 Å². The van der Waals surface area contributed by atoms with Crippen molar-refractivity contribution in [3.05, 3.63) is 41.4 Å². The van der Waals surface area contributed by atoms with Gasteiger partial charge in [0.1, 0.15) is 11.0 Å². The van der Waals surface area contributed by atoms with Gasteiger partial charge >= 0.3 is 0 Å². The molecule has 26 heavy (non-hydrogen) atoms. The summed E-state index contributed by atoms with van der Waals surface area (Å²) in [5.41, 5.74) is 2.22. The van der Waals surface area contributed by atoms with Crippen molar-refractivity contribution >= 4 is 17.2 Å². The molecule has 5 nitrogen and oxygen atoms in total. The summed E-state index contributed by atoms with van der Waals surface area (Å²) in [7, 11) is 4.14. The minimum atomic E-state index is -0.241. The molecule has 0 radical (unpaired) electrons. The van der Waals surface area contributed by atoms with Gasteiger partial charge in [-0.15, -0.1) is 11.3 Å². The summed E-state index contributed by atoms with van der Waals surface area (Å²) in [5.74, 6) is 0.0855. The maximum atomic E-state index is 12.6. The lowest BCUT2D eigenvalue weighted by Crippen LogP contribution is -2.50. The van der Waals surface area contributed by atoms with Crippen LogP contribution >= 0.6 is 11.3 Å². The highest BCUT2D eigenvalue weighted by molar-refractivity contribution is 7.13. The molecule has 6 heteroatoms. The molecule has 1 fully saturated rings. The predicted octanol–water partition coefficient (Wildman–Crippen LogP) is 2.94. The van der Waals surface area contributed by atoms with Crippen molar-refractivity contribution in [2.24, 2.45) is 0 Å². The molecule has 0 N–H and O–H groups in total. The third-order valence-electron chi connectivity index (χ3n) is 4.83. The van der Waals surface area contributed by atoms with Crippen molar-refractivity contribution in [2.75, 3.05) is 33.7 Å². The zero-order valence-corrected chi connectivity index (χ0v) is 16.2. The molecule has 136 valence electrons. The van der Waals surface area contributed by atoms with E-state index in [9.17, 15) is 10.1 Å². The van der Waals surface area contributed by atoms with Crippen molar-refractivity contribution in [3.63, 3.8) is 0 Å². The summed E-state index contributed by atoms with van der Waals surface area (Å²) in [6, 6.07) is 12.2. The molecule has 0 saturated carbocycles. The van der Waals surface area contributed by atoms with E-state index in [0.717, 1.165) is 42.1 Å². The number of hydrogen-bond acceptors (Lipinski definition) is 4. The first-order valence-electron chi connectivity index (χ1n) is 8.99. The first-order valence-corrected chi connectivity index (χ1v) is 9.87. The molecule has 0 aliphatic carbocycles. The molecule has 2 heterocycles. The molecule has 1 atom stereocenters. The molecule has 3 rings (SSSR count). The average molecular weight is 370 g/mol. The highest BCUT2D eigenvalue weighted by Gasteiger charge is 2.32. The first kappa shape index (κ1) is 18.6. The molecule has 1 aromatic carbocycles. The standard InChI is InChI=1S/C20H25N4OS/c1-24(2,14-19(25)23-11-6-9-18(23)13-21)12-10-17-15-26-20(22-17)16-7-4-3-5-8-16/h3-5,7-8,15,18H,6,9-12,14H2,1-2H3/q+1. The number of nitrogens with zero attached hydrogens (tertiary/aromatic N) is 4. The summed E-state index contributed by atoms with van der Waals surface area (Å²) >= 11 is 1.66. The lowest BCUT2D eigenvalue weighted by atomic mass is 10.2. The number of aromatic nitrogens is 1. The van der Waals surface area contributed by atoms with Crippen LogP contribution in [0.5, 0.6) is 0 Å². The Labute approximate surface area is 159 Å². The van der Waals surface area contributed by atoms with Gasteiger partial charge in [0, 0.05) is 23.9 Å². The van der Waals surface area contributed by atoms with Crippen LogP contribution in [-0.2, 0) is 11.2 Å². The molecule has 1 saturated heterocycles. The Morgan fingerprint density at radius 1 is 1.38 bits per heavy atom. The number of amides is 1. The Hall–Kier alpha value is -2.23. The van der Waals surface area contributed by atoms with Gasteiger partial charge in [0.15, 0.2) is 6.54 Å². The van der Waals surface area contributed by atoms with E-state index in [0.29, 0.717) is 17.6 Å². The maximum absolute atomic E-state index is 12.6. The Balaban J connectivity index is 1.56. The summed E-state index contributed by atoms with van der Waals surface area (Å²) in [6.07, 6.45) is 2.57. The third-order valence-corrected chi connectivity index (χ3v) is 5.77. The highest BCUT2D eigenvalue weighted by atomic mass is 32.1. The number of hydrogen-bond donors (Lipinski definition) is 0. The Bertz CT molecular complexity index is 794. The number of thiazole rings is 1. The van der Waals surface area contributed by atoms with Crippen molar-refractivity contribution in [3.8, 4) is 16.6 Å². The molecule has 0 spiro atoms. The van der Waals surface area contributed by atoms with Gasteiger partial charge in [0.2, 0.25) is 0 Å². The van der Waals surface area contributed by atoms with Gasteiger partial charge in [-0.2, -0.15) is 5.26 Å². The van der Waals surface area contributed by atoms with Crippen LogP contribution in [0.2, 0.25) is 0 Å². The monoisotopic (exact) mass is 369 g/mol. The molecule has 1 amide bonds. The molecule has 1 aliphatic rings. The zero-order valence-electron chi connectivity index (χ0n) is 15.4. The van der Waals surface area contributed by atoms with E-state index < -0.39 is 0 Å². The Morgan fingerprint density at radius 2 is 2.15 bits per heavy atom. The van der Waals surface area contributed by atoms with Crippen LogP contribution in [0.1, 0.15) is 18.5 Å². The summed E-state index contributed by atoms with van der Waals surface area (Å²) in [4.78, 5) is 19.1. The maximum Gasteiger partial charge on any atom is 0.278 e. The average Bonchev–Trinajstić information content (AvgIpc) is 3.29. The summed E-state index contributed by atoms with van der Waals surface area (Å²) in [6.45, 7) is 1.98. The third kappa shape index (κ3) is 4.48. The summed E-state index contributed by atoms with van der Waals surface area (Å²) in [5, 5.41) is 12.3. The van der Waals surface area contributed by atoms with Gasteiger partial charge in [-0.05, 0) is 12.8 Å². The minimum Gasteiger partial charge on any atom is -0.322 e. The first-order chi connectivity index (χ1) is 12.5. The zero-order chi connectivity index (χ0) is 18.6. The van der Waals surface area contributed by atoms with Crippen molar-refractivity contribution < 1.29 is 9.28 Å². The number of nitriles is 1. The number of carbonyl (C=O) groups is 1. The van der Waals surface area contributed by atoms with Crippen LogP contribution in [0.3, 0.4) is 0 Å². The lowest BCUT2D eigenvalue weighted by Gasteiger charge is -2.31. The predicted molar refractivity (Wildman–Crippen MR) is 103 cm³/mol. The second-order valence-electron chi connectivity index (χ2n) is 7.45. The van der Waals surface area contributed by atoms with Gasteiger partial charge in [-0.3, -0.25) is 4.79 Å². The number of likely N-dealkylation sites (N-methyl/N-ethyl adjacent to an activating group) is 1. The van der Waals surface area contributed by atoms with Crippen LogP contribution in [0, 0.1) is 11.3 Å². The number of rotatable bonds is 6. The fraction of sp³-hybridized carbons (Fsp3) is 0.450. The molecule has 2 aromatic rings. The van der Waals surface area contributed by atoms with E-state index in [1.165, 1.54) is 0 Å². The van der Waals surface area contributed by atoms with Crippen molar-refractivity contribution in [1.29, 1.82) is 5.26 Å². The number of quaternary nitrogens is 1. The number of carbonyl (C=O) groups excluding carboxylic acids is 1. The van der Waals surface area contributed by atoms with Gasteiger partial charge in [0.05, 0.1) is 32.4 Å². The van der Waals surface area contributed by atoms with Crippen LogP contribution in [-0.4, -0.2) is 60.0 Å². The second-order valence-corrected chi connectivity index (χ2v) is 8.31. The van der Waals surface area contributed by atoms with Crippen molar-refractivity contribution in [1.82, 2.24) is 9.88 Å². The van der Waals surface area contributed by atoms with E-state index in [4.69, 9.17) is 4.98 Å². The Morgan fingerprint density at radius 3 is 2.88 bits per heavy atom. The van der Waals surface area contributed by atoms with Crippen LogP contribution in [0.15, 0.2) is 35.7 Å². The van der Waals surface area contributed by atoms with Gasteiger partial charge in [-0.25, -0.2) is 4.98 Å². The molecular weight excluding hydrogens is 344 g/mol. The van der Waals surface area contributed by atoms with Crippen LogP contribution < -0.4 is 0 Å². The fourth-order valence-electron chi connectivity index (χ4n) is 3.29. The quantitative estimate of drug-likeness (QED) is 0.736. The van der Waals surface area contributed by atoms with E-state index >= 15 is 0 Å². The topological polar surface area (TPSA) is 57.0 Å². The van der Waals surface area contributed by atoms with E-state index in [1.54, 1.807) is 16.2 Å². The van der Waals surface area contributed by atoms with E-state index in [-0.39, 0.29) is 11.9 Å². The summed E-state index contributed by atoms with van der Waals surface area (Å²) < 4.78 is 0.603. The smallest absolute Gasteiger partial charge is 0.278 e. The van der Waals surface area contributed by atoms with Crippen LogP contribution in [0.4, 0.5) is 0 Å². The normalized spacial score (nSPS) is 17.3. The van der Waals surface area contributed by atoms with E-state index in [2.05, 4.69) is 37.7 Å². The van der Waals surface area contributed by atoms with E-state index in [1.807, 2.05) is 18.2 Å². The second kappa shape index (κ2) is 7.98.